The Hall–Kier alpha value is -6.24. The lowest BCUT2D eigenvalue weighted by Gasteiger charge is -2.58. The first-order valence-corrected chi connectivity index (χ1v) is 25.9. The second-order valence-corrected chi connectivity index (χ2v) is 22.9. The number of piperazine rings is 1. The highest BCUT2D eigenvalue weighted by atomic mass is 32.1. The van der Waals surface area contributed by atoms with Gasteiger partial charge in [-0.1, -0.05) is 57.2 Å². The summed E-state index contributed by atoms with van der Waals surface area (Å²) in [5.41, 5.74) is 13.8. The van der Waals surface area contributed by atoms with E-state index in [2.05, 4.69) is 47.6 Å². The molecule has 5 fully saturated rings. The van der Waals surface area contributed by atoms with Crippen molar-refractivity contribution in [1.29, 1.82) is 0 Å². The SMILES string of the molecule is Cc1ncsc1-c1ccc(CNC(=O)[C@@H]2C[C@@H](O)CN2C(=O)[C@@H](NC(=O)C2CC3(CC(CN(C)Cc4cnc(N5C6CCC5CN(c5cc(-c7ccccc7O)nnc5N)C6)nc4)C3)C2)C(C)(C)C)cc1. The number of benzene rings is 2. The van der Waals surface area contributed by atoms with E-state index >= 15 is 0 Å². The standard InChI is InChI=1S/C53H66N12O5S/c1-31-45(71-30-58-31)35-12-10-32(11-13-35)22-55-49(69)43-16-39(66)29-64(43)50(70)46(52(2,3)4)59-48(68)36-20-53(21-36)18-33(19-53)25-62(5)26-34-23-56-51(57-24-34)65-37-14-15-38(65)28-63(27-37)42-17-41(60-61-47(42)54)40-8-6-7-9-44(40)67/h6-13,17,23-24,30,33,36-39,43,46,66-67H,14-16,18-22,25-29H2,1-5H3,(H2,54,61)(H,55,69)(H,59,68)/t33?,36?,37?,38?,39-,43+,46-,53?/m1/s1. The van der Waals surface area contributed by atoms with E-state index in [1.165, 1.54) is 4.90 Å². The molecular formula is C53H66N12O5S. The van der Waals surface area contributed by atoms with Crippen LogP contribution in [0, 0.1) is 29.6 Å². The van der Waals surface area contributed by atoms with E-state index < -0.39 is 23.6 Å². The number of carbonyl (C=O) groups is 3. The fraction of sp³-hybridized carbons (Fsp3) is 0.509. The zero-order valence-electron chi connectivity index (χ0n) is 41.3. The number of nitrogen functional groups attached to an aromatic ring is 1. The summed E-state index contributed by atoms with van der Waals surface area (Å²) >= 11 is 1.59. The topological polar surface area (TPSA) is 219 Å². The van der Waals surface area contributed by atoms with Crippen molar-refractivity contribution in [3.05, 3.63) is 89.3 Å². The molecule has 1 spiro atoms. The molecule has 2 unspecified atom stereocenters. The summed E-state index contributed by atoms with van der Waals surface area (Å²) in [6.07, 6.45) is 9.03. The van der Waals surface area contributed by atoms with E-state index in [1.54, 1.807) is 23.5 Å². The predicted molar refractivity (Wildman–Crippen MR) is 273 cm³/mol. The number of rotatable bonds is 14. The lowest BCUT2D eigenvalue weighted by atomic mass is 9.48. The Balaban J connectivity index is 0.673. The van der Waals surface area contributed by atoms with Gasteiger partial charge in [0, 0.05) is 87.2 Å². The molecular weight excluding hydrogens is 917 g/mol. The number of thiazole rings is 1. The second-order valence-electron chi connectivity index (χ2n) is 22.1. The quantitative estimate of drug-likeness (QED) is 0.0921. The molecule has 10 rings (SSSR count). The van der Waals surface area contributed by atoms with Gasteiger partial charge >= 0.3 is 0 Å². The summed E-state index contributed by atoms with van der Waals surface area (Å²) in [5, 5.41) is 35.7. The van der Waals surface area contributed by atoms with Gasteiger partial charge in [0.15, 0.2) is 5.82 Å². The number of aromatic nitrogens is 5. The monoisotopic (exact) mass is 982 g/mol. The Bertz CT molecular complexity index is 2740. The average molecular weight is 983 g/mol. The minimum Gasteiger partial charge on any atom is -0.507 e. The predicted octanol–water partition coefficient (Wildman–Crippen LogP) is 5.56. The third-order valence-corrected chi connectivity index (χ3v) is 16.6. The van der Waals surface area contributed by atoms with Gasteiger partial charge in [-0.05, 0) is 98.6 Å². The number of phenolic OH excluding ortho intramolecular Hbond substituents is 1. The van der Waals surface area contributed by atoms with Crippen molar-refractivity contribution in [3.63, 3.8) is 0 Å². The number of hydrogen-bond acceptors (Lipinski definition) is 15. The lowest BCUT2D eigenvalue weighted by molar-refractivity contribution is -0.149. The Morgan fingerprint density at radius 3 is 2.30 bits per heavy atom. The molecule has 2 saturated carbocycles. The smallest absolute Gasteiger partial charge is 0.246 e. The summed E-state index contributed by atoms with van der Waals surface area (Å²) in [5.74, 6) is 0.866. The lowest BCUT2D eigenvalue weighted by Crippen LogP contribution is -2.60. The van der Waals surface area contributed by atoms with Crippen molar-refractivity contribution in [2.24, 2.45) is 22.7 Å². The number of likely N-dealkylation sites (tertiary alicyclic amines) is 1. The van der Waals surface area contributed by atoms with Crippen LogP contribution in [0.4, 0.5) is 17.5 Å². The maximum absolute atomic E-state index is 14.3. The van der Waals surface area contributed by atoms with Gasteiger partial charge < -0.3 is 46.2 Å². The molecule has 5 aromatic rings. The van der Waals surface area contributed by atoms with Crippen molar-refractivity contribution < 1.29 is 24.6 Å². The number of aliphatic hydroxyl groups is 1. The summed E-state index contributed by atoms with van der Waals surface area (Å²) < 4.78 is 0. The second kappa shape index (κ2) is 19.4. The van der Waals surface area contributed by atoms with E-state index in [0.717, 1.165) is 104 Å². The van der Waals surface area contributed by atoms with Crippen molar-refractivity contribution in [3.8, 4) is 27.4 Å². The number of nitrogens with zero attached hydrogens (tertiary/aromatic N) is 9. The molecule has 6 heterocycles. The molecule has 3 amide bonds. The minimum absolute atomic E-state index is 0.0378. The number of para-hydroxylation sites is 1. The minimum atomic E-state index is -0.849. The maximum atomic E-state index is 14.3. The van der Waals surface area contributed by atoms with Gasteiger partial charge in [-0.15, -0.1) is 21.5 Å². The summed E-state index contributed by atoms with van der Waals surface area (Å²) in [6, 6.07) is 15.8. The van der Waals surface area contributed by atoms with Crippen LogP contribution in [0.15, 0.2) is 72.5 Å². The van der Waals surface area contributed by atoms with Crippen LogP contribution in [0.3, 0.4) is 0 Å². The van der Waals surface area contributed by atoms with Crippen molar-refractivity contribution >= 4 is 46.5 Å². The molecule has 3 aromatic heterocycles. The summed E-state index contributed by atoms with van der Waals surface area (Å²) in [4.78, 5) is 65.3. The number of fused-ring (bicyclic) bond motifs is 2. The van der Waals surface area contributed by atoms with Crippen molar-refractivity contribution in [2.45, 2.75) is 116 Å². The number of aliphatic hydroxyl groups excluding tert-OH is 1. The van der Waals surface area contributed by atoms with Crippen LogP contribution in [-0.2, 0) is 27.5 Å². The van der Waals surface area contributed by atoms with E-state index in [9.17, 15) is 24.6 Å². The molecule has 3 saturated heterocycles. The van der Waals surface area contributed by atoms with Gasteiger partial charge in [0.05, 0.1) is 33.6 Å². The van der Waals surface area contributed by atoms with E-state index in [-0.39, 0.29) is 66.4 Å². The number of nitrogens with one attached hydrogen (secondary N) is 2. The van der Waals surface area contributed by atoms with Crippen LogP contribution in [0.25, 0.3) is 21.7 Å². The summed E-state index contributed by atoms with van der Waals surface area (Å²) in [7, 11) is 2.14. The van der Waals surface area contributed by atoms with Crippen LogP contribution in [0.5, 0.6) is 5.75 Å². The maximum Gasteiger partial charge on any atom is 0.246 e. The summed E-state index contributed by atoms with van der Waals surface area (Å²) in [6.45, 7) is 11.3. The normalized spacial score (nSPS) is 25.3. The Morgan fingerprint density at radius 2 is 1.63 bits per heavy atom. The number of aryl methyl sites for hydroxylation is 1. The van der Waals surface area contributed by atoms with E-state index in [1.807, 2.05) is 88.1 Å². The molecule has 0 radical (unpaired) electrons. The fourth-order valence-electron chi connectivity index (χ4n) is 12.1. The van der Waals surface area contributed by atoms with Gasteiger partial charge in [0.1, 0.15) is 17.8 Å². The number of β-amino-alcohol motifs (C(OH)–C–C–N with tert-alkyl or cyclic N) is 1. The highest BCUT2D eigenvalue weighted by Gasteiger charge is 2.55. The molecule has 2 aromatic carbocycles. The number of carbonyl (C=O) groups excluding carboxylic acids is 3. The molecule has 5 aliphatic rings. The highest BCUT2D eigenvalue weighted by Crippen LogP contribution is 2.61. The van der Waals surface area contributed by atoms with Crippen LogP contribution < -0.4 is 26.2 Å². The zero-order valence-corrected chi connectivity index (χ0v) is 42.1. The van der Waals surface area contributed by atoms with Crippen LogP contribution in [-0.4, -0.2) is 126 Å². The molecule has 374 valence electrons. The first-order valence-electron chi connectivity index (χ1n) is 25.0. The molecule has 71 heavy (non-hydrogen) atoms. The number of nitrogens with two attached hydrogens (primary N) is 1. The van der Waals surface area contributed by atoms with Gasteiger partial charge in [-0.3, -0.25) is 14.4 Å². The Morgan fingerprint density at radius 1 is 0.930 bits per heavy atom. The number of aromatic hydroxyl groups is 1. The third kappa shape index (κ3) is 10.0. The van der Waals surface area contributed by atoms with Crippen molar-refractivity contribution in [1.82, 2.24) is 45.6 Å². The average Bonchev–Trinajstić information content (AvgIpc) is 4.01. The van der Waals surface area contributed by atoms with E-state index in [4.69, 9.17) is 15.7 Å². The molecule has 18 heteroatoms. The van der Waals surface area contributed by atoms with Gasteiger partial charge in [-0.25, -0.2) is 15.0 Å². The zero-order chi connectivity index (χ0) is 49.8. The van der Waals surface area contributed by atoms with Crippen LogP contribution >= 0.6 is 11.3 Å². The number of amides is 3. The van der Waals surface area contributed by atoms with Gasteiger partial charge in [0.2, 0.25) is 23.7 Å². The first-order chi connectivity index (χ1) is 34.0. The number of phenols is 1. The first kappa shape index (κ1) is 48.4. The van der Waals surface area contributed by atoms with Crippen LogP contribution in [0.1, 0.15) is 82.5 Å². The van der Waals surface area contributed by atoms with Crippen molar-refractivity contribution in [2.75, 3.05) is 48.8 Å². The molecule has 3 aliphatic heterocycles. The molecule has 6 N–H and O–H groups in total. The largest absolute Gasteiger partial charge is 0.507 e. The third-order valence-electron chi connectivity index (χ3n) is 15.6. The van der Waals surface area contributed by atoms with Crippen LogP contribution in [0.2, 0.25) is 0 Å². The fourth-order valence-corrected chi connectivity index (χ4v) is 12.9. The molecule has 17 nitrogen and oxygen atoms in total. The van der Waals surface area contributed by atoms with Gasteiger partial charge in [0.25, 0.3) is 0 Å². The van der Waals surface area contributed by atoms with E-state index in [0.29, 0.717) is 23.0 Å². The Kier molecular flexibility index (Phi) is 13.2. The molecule has 5 atom stereocenters. The molecule has 2 bridgehead atoms. The highest BCUT2D eigenvalue weighted by molar-refractivity contribution is 7.13. The van der Waals surface area contributed by atoms with Gasteiger partial charge in [-0.2, -0.15) is 0 Å². The molecule has 2 aliphatic carbocycles. The number of hydrogen-bond donors (Lipinski definition) is 5. The number of anilines is 3. The Labute approximate surface area is 419 Å².